The number of halogens is 6. The van der Waals surface area contributed by atoms with Crippen molar-refractivity contribution in [1.82, 2.24) is 25.1 Å². The molecular formula is C22H24F6N6O2. The number of anilines is 1. The molecule has 1 unspecified atom stereocenters. The highest BCUT2D eigenvalue weighted by Gasteiger charge is 2.42. The third-order valence-corrected chi connectivity index (χ3v) is 6.87. The molecule has 2 aromatic rings. The number of carbonyl (C=O) groups is 1. The molecule has 36 heavy (non-hydrogen) atoms. The van der Waals surface area contributed by atoms with Gasteiger partial charge in [0, 0.05) is 39.0 Å². The Kier molecular flexibility index (Phi) is 6.97. The highest BCUT2D eigenvalue weighted by molar-refractivity contribution is 5.76. The number of carbonyl (C=O) groups excluding carboxylic acids is 1. The van der Waals surface area contributed by atoms with E-state index in [1.54, 1.807) is 4.90 Å². The summed E-state index contributed by atoms with van der Waals surface area (Å²) < 4.78 is 78.1. The predicted molar refractivity (Wildman–Crippen MR) is 115 cm³/mol. The van der Waals surface area contributed by atoms with Gasteiger partial charge in [-0.1, -0.05) is 0 Å². The number of H-pyrrole nitrogens is 1. The molecule has 0 bridgehead atoms. The normalized spacial score (nSPS) is 18.9. The maximum absolute atomic E-state index is 13.3. The number of alkyl halides is 6. The van der Waals surface area contributed by atoms with E-state index in [0.29, 0.717) is 32.4 Å². The zero-order valence-corrected chi connectivity index (χ0v) is 19.3. The summed E-state index contributed by atoms with van der Waals surface area (Å²) in [5.41, 5.74) is -3.54. The van der Waals surface area contributed by atoms with Crippen molar-refractivity contribution in [2.24, 2.45) is 5.92 Å². The lowest BCUT2D eigenvalue weighted by Gasteiger charge is -2.32. The lowest BCUT2D eigenvalue weighted by Crippen LogP contribution is -2.36. The van der Waals surface area contributed by atoms with Gasteiger partial charge in [-0.25, -0.2) is 15.1 Å². The molecule has 1 atom stereocenters. The van der Waals surface area contributed by atoms with Crippen LogP contribution in [0.5, 0.6) is 0 Å². The largest absolute Gasteiger partial charge is 0.422 e. The van der Waals surface area contributed by atoms with E-state index in [-0.39, 0.29) is 48.3 Å². The maximum atomic E-state index is 13.3. The molecule has 0 radical (unpaired) electrons. The third kappa shape index (κ3) is 5.31. The van der Waals surface area contributed by atoms with Crippen LogP contribution in [-0.2, 0) is 23.6 Å². The quantitative estimate of drug-likeness (QED) is 0.607. The minimum atomic E-state index is -4.81. The Morgan fingerprint density at radius 3 is 2.31 bits per heavy atom. The second-order valence-corrected chi connectivity index (χ2v) is 9.09. The van der Waals surface area contributed by atoms with E-state index in [4.69, 9.17) is 0 Å². The summed E-state index contributed by atoms with van der Waals surface area (Å²) in [5.74, 6) is 0.194. The molecule has 0 saturated carbocycles. The SMILES string of the molecule is CN(C(=O)CCC1CCN(c2ncc(C(F)(F)F)cn2)CC1)C1CCc2c1n[nH]c(=O)c2C(F)(F)F. The average Bonchev–Trinajstić information content (AvgIpc) is 3.24. The second kappa shape index (κ2) is 9.69. The third-order valence-electron chi connectivity index (χ3n) is 6.87. The molecule has 4 rings (SSSR count). The predicted octanol–water partition coefficient (Wildman–Crippen LogP) is 3.74. The van der Waals surface area contributed by atoms with Crippen LogP contribution in [0.25, 0.3) is 0 Å². The standard InChI is InChI=1S/C22H24F6N6O2/c1-33(15-4-3-14-17(22(26,27)28)19(36)32-31-18(14)15)16(35)5-2-12-6-8-34(9-7-12)20-29-10-13(11-30-20)21(23,24)25/h10-12,15H,2-9H2,1H3,(H,32,36). The molecule has 196 valence electrons. The summed E-state index contributed by atoms with van der Waals surface area (Å²) >= 11 is 0. The van der Waals surface area contributed by atoms with Gasteiger partial charge in [-0.2, -0.15) is 31.4 Å². The molecule has 1 aliphatic carbocycles. The van der Waals surface area contributed by atoms with Gasteiger partial charge >= 0.3 is 12.4 Å². The first kappa shape index (κ1) is 25.9. The van der Waals surface area contributed by atoms with E-state index in [1.165, 1.54) is 11.9 Å². The number of piperidine rings is 1. The number of rotatable bonds is 5. The lowest BCUT2D eigenvalue weighted by molar-refractivity contribution is -0.139. The van der Waals surface area contributed by atoms with Crippen LogP contribution >= 0.6 is 0 Å². The molecule has 3 heterocycles. The molecule has 0 spiro atoms. The van der Waals surface area contributed by atoms with Crippen molar-refractivity contribution in [3.8, 4) is 0 Å². The summed E-state index contributed by atoms with van der Waals surface area (Å²) in [6, 6.07) is -0.649. The fraction of sp³-hybridized carbons (Fsp3) is 0.591. The van der Waals surface area contributed by atoms with Crippen molar-refractivity contribution < 1.29 is 31.1 Å². The van der Waals surface area contributed by atoms with E-state index < -0.39 is 35.1 Å². The van der Waals surface area contributed by atoms with Crippen LogP contribution in [0.4, 0.5) is 32.3 Å². The van der Waals surface area contributed by atoms with E-state index >= 15 is 0 Å². The first-order chi connectivity index (χ1) is 16.9. The number of nitrogens with zero attached hydrogens (tertiary/aromatic N) is 5. The van der Waals surface area contributed by atoms with Gasteiger partial charge in [0.15, 0.2) is 0 Å². The van der Waals surface area contributed by atoms with Gasteiger partial charge in [-0.15, -0.1) is 0 Å². The summed E-state index contributed by atoms with van der Waals surface area (Å²) in [7, 11) is 1.52. The molecular weight excluding hydrogens is 494 g/mol. The Morgan fingerprint density at radius 1 is 1.08 bits per heavy atom. The number of nitrogens with one attached hydrogen (secondary N) is 1. The van der Waals surface area contributed by atoms with Crippen LogP contribution in [-0.4, -0.2) is 51.1 Å². The fourth-order valence-electron chi connectivity index (χ4n) is 4.85. The highest BCUT2D eigenvalue weighted by atomic mass is 19.4. The Balaban J connectivity index is 1.31. The van der Waals surface area contributed by atoms with Gasteiger partial charge in [0.1, 0.15) is 5.56 Å². The molecule has 1 amide bonds. The van der Waals surface area contributed by atoms with Gasteiger partial charge in [0.25, 0.3) is 5.56 Å². The van der Waals surface area contributed by atoms with Gasteiger partial charge < -0.3 is 9.80 Å². The van der Waals surface area contributed by atoms with Crippen molar-refractivity contribution in [1.29, 1.82) is 0 Å². The zero-order chi connectivity index (χ0) is 26.3. The number of aromatic amines is 1. The molecule has 0 aromatic carbocycles. The number of amides is 1. The number of aromatic nitrogens is 4. The summed E-state index contributed by atoms with van der Waals surface area (Å²) in [4.78, 5) is 35.3. The summed E-state index contributed by atoms with van der Waals surface area (Å²) in [6.45, 7) is 1.07. The minimum Gasteiger partial charge on any atom is -0.341 e. The van der Waals surface area contributed by atoms with Crippen LogP contribution in [0.3, 0.4) is 0 Å². The monoisotopic (exact) mass is 518 g/mol. The number of hydrogen-bond donors (Lipinski definition) is 1. The molecule has 1 saturated heterocycles. The van der Waals surface area contributed by atoms with Gasteiger partial charge in [0.05, 0.1) is 17.3 Å². The highest BCUT2D eigenvalue weighted by Crippen LogP contribution is 2.39. The van der Waals surface area contributed by atoms with E-state index in [9.17, 15) is 35.9 Å². The summed E-state index contributed by atoms with van der Waals surface area (Å²) in [5, 5.41) is 5.72. The van der Waals surface area contributed by atoms with E-state index in [0.717, 1.165) is 12.4 Å². The van der Waals surface area contributed by atoms with Crippen LogP contribution in [0.1, 0.15) is 60.5 Å². The molecule has 2 aromatic heterocycles. The lowest BCUT2D eigenvalue weighted by atomic mass is 9.92. The Hall–Kier alpha value is -3.19. The molecule has 1 N–H and O–H groups in total. The van der Waals surface area contributed by atoms with Crippen LogP contribution in [0.15, 0.2) is 17.2 Å². The number of fused-ring (bicyclic) bond motifs is 1. The van der Waals surface area contributed by atoms with Gasteiger partial charge in [-0.3, -0.25) is 9.59 Å². The molecule has 2 aliphatic rings. The van der Waals surface area contributed by atoms with Crippen molar-refractivity contribution >= 4 is 11.9 Å². The van der Waals surface area contributed by atoms with Crippen molar-refractivity contribution in [3.63, 3.8) is 0 Å². The summed E-state index contributed by atoms with van der Waals surface area (Å²) in [6.07, 6.45) is -5.38. The van der Waals surface area contributed by atoms with Crippen LogP contribution in [0.2, 0.25) is 0 Å². The van der Waals surface area contributed by atoms with Gasteiger partial charge in [-0.05, 0) is 43.6 Å². The Labute approximate surface area is 201 Å². The number of hydrogen-bond acceptors (Lipinski definition) is 6. The molecule has 8 nitrogen and oxygen atoms in total. The molecule has 1 aliphatic heterocycles. The first-order valence-corrected chi connectivity index (χ1v) is 11.4. The topological polar surface area (TPSA) is 95.1 Å². The van der Waals surface area contributed by atoms with Crippen LogP contribution in [0, 0.1) is 5.92 Å². The zero-order valence-electron chi connectivity index (χ0n) is 19.3. The maximum Gasteiger partial charge on any atom is 0.422 e. The molecule has 14 heteroatoms. The van der Waals surface area contributed by atoms with E-state index in [1.807, 2.05) is 5.10 Å². The van der Waals surface area contributed by atoms with Crippen molar-refractivity contribution in [3.05, 3.63) is 45.1 Å². The van der Waals surface area contributed by atoms with E-state index in [2.05, 4.69) is 15.1 Å². The second-order valence-electron chi connectivity index (χ2n) is 9.09. The fourth-order valence-corrected chi connectivity index (χ4v) is 4.85. The minimum absolute atomic E-state index is 0.00780. The van der Waals surface area contributed by atoms with Gasteiger partial charge in [0.2, 0.25) is 11.9 Å². The smallest absolute Gasteiger partial charge is 0.341 e. The van der Waals surface area contributed by atoms with Crippen LogP contribution < -0.4 is 10.5 Å². The Bertz CT molecular complexity index is 1160. The molecule has 1 fully saturated rings. The first-order valence-electron chi connectivity index (χ1n) is 11.4. The average molecular weight is 518 g/mol. The van der Waals surface area contributed by atoms with Crippen molar-refractivity contribution in [2.75, 3.05) is 25.0 Å². The Morgan fingerprint density at radius 2 is 1.72 bits per heavy atom. The van der Waals surface area contributed by atoms with Crippen molar-refractivity contribution in [2.45, 2.75) is 56.9 Å².